The molecule has 0 radical (unpaired) electrons. The van der Waals surface area contributed by atoms with E-state index in [1.54, 1.807) is 24.5 Å². The molecule has 0 unspecified atom stereocenters. The van der Waals surface area contributed by atoms with Crippen LogP contribution in [-0.4, -0.2) is 32.2 Å². The molecule has 4 rings (SSSR count). The van der Waals surface area contributed by atoms with Gasteiger partial charge in [0.2, 0.25) is 11.7 Å². The molecule has 0 saturated carbocycles. The number of rotatable bonds is 5. The first-order chi connectivity index (χ1) is 13.4. The number of hydrogen-bond acceptors (Lipinski definition) is 6. The van der Waals surface area contributed by atoms with Crippen molar-refractivity contribution in [2.24, 2.45) is 0 Å². The third-order valence-electron chi connectivity index (χ3n) is 4.10. The second-order valence-electron chi connectivity index (χ2n) is 6.92. The van der Waals surface area contributed by atoms with Gasteiger partial charge < -0.3 is 14.8 Å². The molecular formula is C20H20N4O3S. The standard InChI is InChI=1S/C20H20N4O3S/c1-13-4-7-15(8-5-13)24-12-21-23-19(24)28-11-18(25)22-14-6-9-16-17(10-14)27-20(2,3)26-16/h4-10,12H,11H2,1-3H3,(H,22,25). The van der Waals surface area contributed by atoms with E-state index in [4.69, 9.17) is 9.47 Å². The van der Waals surface area contributed by atoms with Gasteiger partial charge in [-0.05, 0) is 31.2 Å². The van der Waals surface area contributed by atoms with Crippen LogP contribution in [0.25, 0.3) is 5.69 Å². The van der Waals surface area contributed by atoms with Crippen molar-refractivity contribution in [3.05, 3.63) is 54.4 Å². The third kappa shape index (κ3) is 3.96. The fourth-order valence-electron chi connectivity index (χ4n) is 2.83. The summed E-state index contributed by atoms with van der Waals surface area (Å²) in [6, 6.07) is 13.4. The summed E-state index contributed by atoms with van der Waals surface area (Å²) in [6.45, 7) is 5.71. The van der Waals surface area contributed by atoms with E-state index < -0.39 is 5.79 Å². The maximum Gasteiger partial charge on any atom is 0.246 e. The average molecular weight is 396 g/mol. The third-order valence-corrected chi connectivity index (χ3v) is 5.04. The number of aryl methyl sites for hydroxylation is 1. The number of amides is 1. The SMILES string of the molecule is Cc1ccc(-n2cnnc2SCC(=O)Nc2ccc3c(c2)OC(C)(C)O3)cc1. The van der Waals surface area contributed by atoms with Crippen molar-refractivity contribution in [1.29, 1.82) is 0 Å². The molecule has 7 nitrogen and oxygen atoms in total. The Balaban J connectivity index is 1.39. The molecule has 1 aliphatic heterocycles. The number of ether oxygens (including phenoxy) is 2. The molecule has 0 saturated heterocycles. The zero-order valence-electron chi connectivity index (χ0n) is 15.8. The topological polar surface area (TPSA) is 78.3 Å². The van der Waals surface area contributed by atoms with E-state index in [2.05, 4.69) is 15.5 Å². The first kappa shape index (κ1) is 18.4. The minimum atomic E-state index is -0.694. The number of carbonyl (C=O) groups excluding carboxylic acids is 1. The molecule has 0 spiro atoms. The predicted octanol–water partition coefficient (Wildman–Crippen LogP) is 3.81. The first-order valence-electron chi connectivity index (χ1n) is 8.81. The van der Waals surface area contributed by atoms with Gasteiger partial charge in [0, 0.05) is 31.3 Å². The fraction of sp³-hybridized carbons (Fsp3) is 0.250. The molecule has 1 N–H and O–H groups in total. The highest BCUT2D eigenvalue weighted by Crippen LogP contribution is 2.40. The highest BCUT2D eigenvalue weighted by molar-refractivity contribution is 7.99. The Morgan fingerprint density at radius 1 is 1.14 bits per heavy atom. The van der Waals surface area contributed by atoms with Crippen LogP contribution in [0, 0.1) is 6.92 Å². The lowest BCUT2D eigenvalue weighted by atomic mass is 10.2. The van der Waals surface area contributed by atoms with Crippen molar-refractivity contribution in [2.75, 3.05) is 11.1 Å². The van der Waals surface area contributed by atoms with E-state index in [-0.39, 0.29) is 11.7 Å². The second-order valence-corrected chi connectivity index (χ2v) is 7.86. The van der Waals surface area contributed by atoms with Gasteiger partial charge in [-0.15, -0.1) is 10.2 Å². The van der Waals surface area contributed by atoms with Crippen LogP contribution in [0.3, 0.4) is 0 Å². The largest absolute Gasteiger partial charge is 0.449 e. The quantitative estimate of drug-likeness (QED) is 0.661. The van der Waals surface area contributed by atoms with Crippen molar-refractivity contribution in [2.45, 2.75) is 31.7 Å². The Labute approximate surface area is 167 Å². The summed E-state index contributed by atoms with van der Waals surface area (Å²) in [5.74, 6) is 0.672. The lowest BCUT2D eigenvalue weighted by molar-refractivity contribution is -0.113. The van der Waals surface area contributed by atoms with Gasteiger partial charge in [-0.1, -0.05) is 29.5 Å². The fourth-order valence-corrected chi connectivity index (χ4v) is 3.56. The maximum atomic E-state index is 12.4. The van der Waals surface area contributed by atoms with Gasteiger partial charge in [-0.3, -0.25) is 9.36 Å². The molecule has 144 valence electrons. The number of nitrogens with one attached hydrogen (secondary N) is 1. The molecule has 8 heteroatoms. The van der Waals surface area contributed by atoms with Crippen LogP contribution in [0.1, 0.15) is 19.4 Å². The first-order valence-corrected chi connectivity index (χ1v) is 9.80. The van der Waals surface area contributed by atoms with Gasteiger partial charge in [0.15, 0.2) is 16.7 Å². The van der Waals surface area contributed by atoms with Gasteiger partial charge >= 0.3 is 0 Å². The molecule has 2 heterocycles. The summed E-state index contributed by atoms with van der Waals surface area (Å²) in [6.07, 6.45) is 1.64. The molecule has 0 fully saturated rings. The summed E-state index contributed by atoms with van der Waals surface area (Å²) in [5.41, 5.74) is 2.79. The van der Waals surface area contributed by atoms with Crippen molar-refractivity contribution in [1.82, 2.24) is 14.8 Å². The van der Waals surface area contributed by atoms with Crippen LogP contribution in [0.2, 0.25) is 0 Å². The molecule has 0 atom stereocenters. The zero-order chi connectivity index (χ0) is 19.7. The highest BCUT2D eigenvalue weighted by atomic mass is 32.2. The van der Waals surface area contributed by atoms with Gasteiger partial charge in [0.25, 0.3) is 0 Å². The minimum absolute atomic E-state index is 0.137. The predicted molar refractivity (Wildman–Crippen MR) is 107 cm³/mol. The van der Waals surface area contributed by atoms with Gasteiger partial charge in [0.1, 0.15) is 6.33 Å². The Morgan fingerprint density at radius 2 is 1.89 bits per heavy atom. The molecule has 0 bridgehead atoms. The number of nitrogens with zero attached hydrogens (tertiary/aromatic N) is 3. The van der Waals surface area contributed by atoms with Crippen molar-refractivity contribution in [3.8, 4) is 17.2 Å². The molecule has 1 aliphatic rings. The van der Waals surface area contributed by atoms with Crippen LogP contribution in [0.5, 0.6) is 11.5 Å². The van der Waals surface area contributed by atoms with Gasteiger partial charge in [-0.25, -0.2) is 0 Å². The number of fused-ring (bicyclic) bond motifs is 1. The van der Waals surface area contributed by atoms with Crippen LogP contribution >= 0.6 is 11.8 Å². The van der Waals surface area contributed by atoms with Gasteiger partial charge in [0.05, 0.1) is 5.75 Å². The molecular weight excluding hydrogens is 376 g/mol. The van der Waals surface area contributed by atoms with Crippen molar-refractivity contribution >= 4 is 23.4 Å². The van der Waals surface area contributed by atoms with E-state index in [1.807, 2.05) is 49.6 Å². The maximum absolute atomic E-state index is 12.4. The average Bonchev–Trinajstić information content (AvgIpc) is 3.22. The highest BCUT2D eigenvalue weighted by Gasteiger charge is 2.31. The van der Waals surface area contributed by atoms with Crippen LogP contribution in [-0.2, 0) is 4.79 Å². The number of thioether (sulfide) groups is 1. The molecule has 3 aromatic rings. The number of anilines is 1. The van der Waals surface area contributed by atoms with Gasteiger partial charge in [-0.2, -0.15) is 0 Å². The summed E-state index contributed by atoms with van der Waals surface area (Å²) in [7, 11) is 0. The summed E-state index contributed by atoms with van der Waals surface area (Å²) in [5, 5.41) is 11.6. The van der Waals surface area contributed by atoms with Crippen molar-refractivity contribution in [3.63, 3.8) is 0 Å². The monoisotopic (exact) mass is 396 g/mol. The van der Waals surface area contributed by atoms with E-state index in [0.29, 0.717) is 22.3 Å². The zero-order valence-corrected chi connectivity index (χ0v) is 16.6. The number of benzene rings is 2. The van der Waals surface area contributed by atoms with E-state index in [1.165, 1.54) is 17.3 Å². The smallest absolute Gasteiger partial charge is 0.246 e. The summed E-state index contributed by atoms with van der Waals surface area (Å²) < 4.78 is 13.2. The molecule has 0 aliphatic carbocycles. The molecule has 1 aromatic heterocycles. The Morgan fingerprint density at radius 3 is 2.68 bits per heavy atom. The number of hydrogen-bond donors (Lipinski definition) is 1. The summed E-state index contributed by atoms with van der Waals surface area (Å²) >= 11 is 1.33. The summed E-state index contributed by atoms with van der Waals surface area (Å²) in [4.78, 5) is 12.4. The van der Waals surface area contributed by atoms with E-state index in [0.717, 1.165) is 5.69 Å². The second kappa shape index (κ2) is 7.20. The van der Waals surface area contributed by atoms with E-state index >= 15 is 0 Å². The number of carbonyl (C=O) groups is 1. The Hall–Kier alpha value is -3.00. The van der Waals surface area contributed by atoms with Crippen LogP contribution in [0.4, 0.5) is 5.69 Å². The van der Waals surface area contributed by atoms with Crippen LogP contribution < -0.4 is 14.8 Å². The molecule has 2 aromatic carbocycles. The minimum Gasteiger partial charge on any atom is -0.449 e. The lowest BCUT2D eigenvalue weighted by Crippen LogP contribution is -2.29. The van der Waals surface area contributed by atoms with E-state index in [9.17, 15) is 4.79 Å². The molecule has 1 amide bonds. The molecule has 28 heavy (non-hydrogen) atoms. The Kier molecular flexibility index (Phi) is 4.72. The van der Waals surface area contributed by atoms with Crippen molar-refractivity contribution < 1.29 is 14.3 Å². The Bertz CT molecular complexity index is 1010. The lowest BCUT2D eigenvalue weighted by Gasteiger charge is -2.16. The van der Waals surface area contributed by atoms with Crippen LogP contribution in [0.15, 0.2) is 53.9 Å². The normalized spacial score (nSPS) is 14.1. The number of aromatic nitrogens is 3.